The molecule has 0 radical (unpaired) electrons. The van der Waals surface area contributed by atoms with Crippen LogP contribution < -0.4 is 25.7 Å². The van der Waals surface area contributed by atoms with Gasteiger partial charge in [-0.25, -0.2) is 14.6 Å². The average molecular weight is 1170 g/mol. The van der Waals surface area contributed by atoms with Gasteiger partial charge in [0.2, 0.25) is 29.5 Å². The highest BCUT2D eigenvalue weighted by Gasteiger charge is 2.63. The lowest BCUT2D eigenvalue weighted by molar-refractivity contribution is -0.328. The number of amides is 6. The number of aromatic nitrogens is 1. The molecule has 1 unspecified atom stereocenters. The molecule has 1 aromatic heterocycles. The lowest BCUT2D eigenvalue weighted by Gasteiger charge is -2.59. The maximum absolute atomic E-state index is 14.4. The molecule has 2 saturated heterocycles. The number of aliphatic hydroxyl groups excluding tert-OH is 2. The van der Waals surface area contributed by atoms with Crippen molar-refractivity contribution in [3.05, 3.63) is 82.5 Å². The van der Waals surface area contributed by atoms with Crippen LogP contribution in [-0.4, -0.2) is 211 Å². The van der Waals surface area contributed by atoms with E-state index in [1.54, 1.807) is 38.1 Å². The molecule has 3 aromatic rings. The monoisotopic (exact) mass is 1170 g/mol. The molecule has 6 amide bonds. The molecule has 6 bridgehead atoms. The topological polar surface area (TPSA) is 284 Å². The van der Waals surface area contributed by atoms with E-state index in [1.165, 1.54) is 45.0 Å². The number of anilines is 1. The number of hydrogen-bond donors (Lipinski definition) is 6. The Bertz CT molecular complexity index is 2870. The van der Waals surface area contributed by atoms with Gasteiger partial charge < -0.3 is 68.5 Å². The van der Waals surface area contributed by atoms with E-state index in [1.807, 2.05) is 60.9 Å². The van der Waals surface area contributed by atoms with Gasteiger partial charge >= 0.3 is 12.1 Å². The number of aliphatic hydroxyl groups is 3. The van der Waals surface area contributed by atoms with E-state index < -0.39 is 116 Å². The van der Waals surface area contributed by atoms with Gasteiger partial charge in [-0.05, 0) is 76.4 Å². The first-order valence-corrected chi connectivity index (χ1v) is 27.6. The Morgan fingerprint density at radius 2 is 1.66 bits per heavy atom. The minimum absolute atomic E-state index is 0.0505. The zero-order valence-electron chi connectivity index (χ0n) is 48.5. The van der Waals surface area contributed by atoms with Crippen molar-refractivity contribution in [3.63, 3.8) is 0 Å². The summed E-state index contributed by atoms with van der Waals surface area (Å²) in [4.78, 5) is 101. The number of hydrazine groups is 1. The first-order chi connectivity index (χ1) is 38.8. The number of fused-ring (bicyclic) bond motifs is 7. The molecule has 6 N–H and O–H groups in total. The van der Waals surface area contributed by atoms with Gasteiger partial charge in [0.05, 0.1) is 52.1 Å². The summed E-state index contributed by atoms with van der Waals surface area (Å²) in [5.41, 5.74) is 2.32. The van der Waals surface area contributed by atoms with E-state index in [-0.39, 0.29) is 50.3 Å². The summed E-state index contributed by atoms with van der Waals surface area (Å²) in [5.74, 6) is -3.45. The largest absolute Gasteiger partial charge is 0.495 e. The number of alkyl carbamates (subject to hydrolysis) is 1. The predicted molar refractivity (Wildman–Crippen MR) is 303 cm³/mol. The van der Waals surface area contributed by atoms with Gasteiger partial charge in [0.15, 0.2) is 5.72 Å². The zero-order chi connectivity index (χ0) is 60.3. The van der Waals surface area contributed by atoms with E-state index in [0.717, 1.165) is 37.5 Å². The maximum atomic E-state index is 14.4. The molecule has 7 rings (SSSR count). The number of para-hydroxylation sites is 1. The summed E-state index contributed by atoms with van der Waals surface area (Å²) in [5, 5.41) is 39.9. The number of nitrogens with one attached hydrogen (secondary N) is 3. The highest BCUT2D eigenvalue weighted by Crippen LogP contribution is 2.50. The quantitative estimate of drug-likeness (QED) is 0.0622. The zero-order valence-corrected chi connectivity index (χ0v) is 49.2. The lowest BCUT2D eigenvalue weighted by Crippen LogP contribution is -2.72. The molecule has 0 aliphatic carbocycles. The molecule has 0 saturated carbocycles. The van der Waals surface area contributed by atoms with E-state index in [0.29, 0.717) is 30.9 Å². The van der Waals surface area contributed by atoms with Crippen LogP contribution in [-0.2, 0) is 67.2 Å². The number of aryl methyl sites for hydroxylation is 1. The van der Waals surface area contributed by atoms with Crippen molar-refractivity contribution in [3.8, 4) is 5.75 Å². The highest BCUT2D eigenvalue weighted by atomic mass is 35.5. The molecular formula is C57H80ClN9O15. The Labute approximate surface area is 483 Å². The van der Waals surface area contributed by atoms with Gasteiger partial charge in [0.25, 0.3) is 0 Å². The van der Waals surface area contributed by atoms with Crippen LogP contribution in [0.3, 0.4) is 0 Å². The van der Waals surface area contributed by atoms with Crippen LogP contribution in [0, 0.1) is 0 Å². The van der Waals surface area contributed by atoms with E-state index >= 15 is 0 Å². The standard InChI is InChI=1S/C57H80ClN9O15/c1-36-14-13-17-44(79-10)57(77)31-46(81-54(76)61-57)56(4)35-55(3,82-56)45(30-49(72)64(8)42-27-38(26-36)28-43(78-9)52(42)58)80-53(75)37(2)63(7)48(71)19-20-65(22-24-68)51(74)34-66(23-25-69)50(73)32-60-47(70)18-21-67-40(33-62(6)59-5)29-39-15-11-12-16-41(39)67/h11-17,27-29,37,44-46,59,68-69,77H,18-26,30-35H2,1-10H3,(H,60,70)(H,61,76)/b17-13+,36-14+/t37-,44+,45-,46-,55+,56?,57-/m0/s1. The minimum Gasteiger partial charge on any atom is -0.495 e. The summed E-state index contributed by atoms with van der Waals surface area (Å²) in [7, 11) is 9.44. The number of likely N-dealkylation sites (N-methyl/N-ethyl adjacent to an activating group) is 1. The van der Waals surface area contributed by atoms with Crippen LogP contribution >= 0.6 is 11.6 Å². The van der Waals surface area contributed by atoms with Crippen molar-refractivity contribution >= 4 is 69.8 Å². The van der Waals surface area contributed by atoms with Gasteiger partial charge in [0.1, 0.15) is 46.3 Å². The second-order valence-corrected chi connectivity index (χ2v) is 21.9. The van der Waals surface area contributed by atoms with E-state index in [9.17, 15) is 48.9 Å². The summed E-state index contributed by atoms with van der Waals surface area (Å²) in [6, 6.07) is 12.1. The molecule has 2 aromatic carbocycles. The number of rotatable bonds is 22. The number of allylic oxidation sites excluding steroid dienone is 3. The van der Waals surface area contributed by atoms with Crippen LogP contribution in [0.5, 0.6) is 5.75 Å². The Balaban J connectivity index is 1.12. The van der Waals surface area contributed by atoms with Gasteiger partial charge in [-0.2, -0.15) is 0 Å². The van der Waals surface area contributed by atoms with Crippen LogP contribution in [0.4, 0.5) is 10.5 Å². The summed E-state index contributed by atoms with van der Waals surface area (Å²) >= 11 is 6.83. The third-order valence-corrected chi connectivity index (χ3v) is 15.9. The summed E-state index contributed by atoms with van der Waals surface area (Å²) < 4.78 is 31.8. The third-order valence-electron chi connectivity index (χ3n) is 15.5. The molecule has 25 heteroatoms. The van der Waals surface area contributed by atoms with Crippen LogP contribution in [0.25, 0.3) is 10.9 Å². The maximum Gasteiger partial charge on any atom is 0.409 e. The van der Waals surface area contributed by atoms with Crippen LogP contribution in [0.1, 0.15) is 71.1 Å². The number of ether oxygens (including phenoxy) is 5. The number of hydrogen-bond acceptors (Lipinski definition) is 17. The normalized spacial score (nSPS) is 24.3. The average Bonchev–Trinajstić information content (AvgIpc) is 3.88. The molecular weight excluding hydrogens is 1090 g/mol. The second kappa shape index (κ2) is 28.1. The lowest BCUT2D eigenvalue weighted by atomic mass is 9.72. The van der Waals surface area contributed by atoms with Crippen molar-refractivity contribution in [2.75, 3.05) is 93.2 Å². The molecule has 2 fully saturated rings. The van der Waals surface area contributed by atoms with Gasteiger partial charge in [-0.3, -0.25) is 34.7 Å². The summed E-state index contributed by atoms with van der Waals surface area (Å²) in [6.45, 7) is 4.84. The Hall–Kier alpha value is -6.64. The number of esters is 1. The van der Waals surface area contributed by atoms with Crippen LogP contribution in [0.15, 0.2) is 66.3 Å². The number of carbonyl (C=O) groups excluding carboxylic acids is 7. The number of benzene rings is 2. The Morgan fingerprint density at radius 3 is 2.33 bits per heavy atom. The molecule has 450 valence electrons. The molecule has 5 heterocycles. The van der Waals surface area contributed by atoms with Crippen molar-refractivity contribution < 1.29 is 72.6 Å². The van der Waals surface area contributed by atoms with Crippen LogP contribution in [0.2, 0.25) is 5.02 Å². The number of nitrogens with zero attached hydrogens (tertiary/aromatic N) is 6. The highest BCUT2D eigenvalue weighted by molar-refractivity contribution is 6.35. The smallest absolute Gasteiger partial charge is 0.409 e. The molecule has 0 spiro atoms. The number of methoxy groups -OCH3 is 2. The number of halogens is 1. The third kappa shape index (κ3) is 15.5. The van der Waals surface area contributed by atoms with Crippen molar-refractivity contribution in [2.24, 2.45) is 0 Å². The van der Waals surface area contributed by atoms with Crippen molar-refractivity contribution in [1.82, 2.24) is 40.3 Å². The van der Waals surface area contributed by atoms with Gasteiger partial charge in [-0.1, -0.05) is 53.6 Å². The molecule has 4 aliphatic heterocycles. The molecule has 7 atom stereocenters. The molecule has 82 heavy (non-hydrogen) atoms. The fourth-order valence-electron chi connectivity index (χ4n) is 10.6. The van der Waals surface area contributed by atoms with Crippen molar-refractivity contribution in [1.29, 1.82) is 0 Å². The van der Waals surface area contributed by atoms with E-state index in [2.05, 4.69) is 22.1 Å². The van der Waals surface area contributed by atoms with Gasteiger partial charge in [-0.15, -0.1) is 0 Å². The number of carbonyl (C=O) groups is 7. The fraction of sp³-hybridized carbons (Fsp3) is 0.561. The second-order valence-electron chi connectivity index (χ2n) is 21.5. The minimum atomic E-state index is -1.94. The Kier molecular flexibility index (Phi) is 22.1. The Morgan fingerprint density at radius 1 is 0.963 bits per heavy atom. The first kappa shape index (κ1) is 64.5. The SMILES string of the molecule is CNN(C)Cc1cc2ccccc2n1CCC(=O)NCC(=O)N(CCO)CC(=O)N(CCO)CCC(=O)N(C)[C@@H](C)C(=O)O[C@H]1CC(=O)N(C)c2cc(cc(OC)c2Cl)C/C(C)=C/C=C/[C@@H](OC)[C@@]2(O)C[C@H](OC(=O)N2)C2(C)C[C@@]1(C)O2. The summed E-state index contributed by atoms with van der Waals surface area (Å²) in [6.07, 6.45) is 0.352. The molecule has 24 nitrogen and oxygen atoms in total. The fourth-order valence-corrected chi connectivity index (χ4v) is 11.0. The van der Waals surface area contributed by atoms with Gasteiger partial charge in [0, 0.05) is 91.3 Å². The molecule has 4 aliphatic rings. The van der Waals surface area contributed by atoms with Crippen molar-refractivity contribution in [2.45, 2.75) is 121 Å². The van der Waals surface area contributed by atoms with E-state index in [4.69, 9.17) is 35.3 Å². The first-order valence-electron chi connectivity index (χ1n) is 27.2. The predicted octanol–water partition coefficient (Wildman–Crippen LogP) is 2.42.